The lowest BCUT2D eigenvalue weighted by Crippen LogP contribution is -2.25. The first-order valence-corrected chi connectivity index (χ1v) is 11.1. The van der Waals surface area contributed by atoms with E-state index in [0.717, 1.165) is 29.2 Å². The van der Waals surface area contributed by atoms with Gasteiger partial charge in [-0.05, 0) is 24.3 Å². The second-order valence-corrected chi connectivity index (χ2v) is 8.58. The quantitative estimate of drug-likeness (QED) is 0.465. The predicted molar refractivity (Wildman–Crippen MR) is 112 cm³/mol. The highest BCUT2D eigenvalue weighted by Crippen LogP contribution is 2.27. The molecule has 0 aliphatic carbocycles. The van der Waals surface area contributed by atoms with Crippen molar-refractivity contribution in [2.45, 2.75) is 17.4 Å². The minimum atomic E-state index is -0.106. The third-order valence-electron chi connectivity index (χ3n) is 4.37. The highest BCUT2D eigenvalue weighted by molar-refractivity contribution is 7.99. The maximum absolute atomic E-state index is 12.3. The number of ether oxygens (including phenoxy) is 1. The molecule has 1 aromatic carbocycles. The number of nitrogens with zero attached hydrogens (tertiary/aromatic N) is 1. The van der Waals surface area contributed by atoms with Gasteiger partial charge in [-0.3, -0.25) is 4.79 Å². The van der Waals surface area contributed by atoms with Crippen LogP contribution in [0.1, 0.15) is 16.8 Å². The molecule has 7 heteroatoms. The maximum atomic E-state index is 12.3. The number of carbonyl (C=O) groups excluding carboxylic acids is 1. The number of aromatic amines is 1. The summed E-state index contributed by atoms with van der Waals surface area (Å²) >= 11 is 3.63. The van der Waals surface area contributed by atoms with Crippen LogP contribution in [-0.2, 0) is 0 Å². The Morgan fingerprint density at radius 1 is 1.33 bits per heavy atom. The van der Waals surface area contributed by atoms with Crippen LogP contribution >= 0.6 is 23.5 Å². The SMILES string of the molecule is O=C(NCCSc1c[nH]c2ccccc12)c1ccc(OC2CCSC2)nc1. The second-order valence-electron chi connectivity index (χ2n) is 6.29. The fraction of sp³-hybridized carbons (Fsp3) is 0.300. The molecule has 0 radical (unpaired) electrons. The van der Waals surface area contributed by atoms with Crippen LogP contribution in [0.4, 0.5) is 0 Å². The predicted octanol–water partition coefficient (Wildman–Crippen LogP) is 3.97. The summed E-state index contributed by atoms with van der Waals surface area (Å²) < 4.78 is 5.82. The van der Waals surface area contributed by atoms with E-state index in [9.17, 15) is 4.79 Å². The molecule has 1 saturated heterocycles. The van der Waals surface area contributed by atoms with E-state index < -0.39 is 0 Å². The Bertz CT molecular complexity index is 905. The highest BCUT2D eigenvalue weighted by Gasteiger charge is 2.17. The lowest BCUT2D eigenvalue weighted by atomic mass is 10.2. The van der Waals surface area contributed by atoms with Crippen LogP contribution in [0.5, 0.6) is 5.88 Å². The van der Waals surface area contributed by atoms with Crippen molar-refractivity contribution >= 4 is 40.3 Å². The summed E-state index contributed by atoms with van der Waals surface area (Å²) in [6.07, 6.45) is 4.90. The molecule has 1 aliphatic heterocycles. The molecule has 2 aromatic heterocycles. The number of fused-ring (bicyclic) bond motifs is 1. The van der Waals surface area contributed by atoms with E-state index in [1.165, 1.54) is 10.3 Å². The van der Waals surface area contributed by atoms with Crippen LogP contribution in [0.3, 0.4) is 0 Å². The van der Waals surface area contributed by atoms with Gasteiger partial charge in [0.2, 0.25) is 5.88 Å². The summed E-state index contributed by atoms with van der Waals surface area (Å²) in [5, 5.41) is 4.16. The topological polar surface area (TPSA) is 67.0 Å². The van der Waals surface area contributed by atoms with Gasteiger partial charge in [0, 0.05) is 52.3 Å². The zero-order valence-electron chi connectivity index (χ0n) is 14.8. The number of H-pyrrole nitrogens is 1. The van der Waals surface area contributed by atoms with Gasteiger partial charge in [-0.1, -0.05) is 18.2 Å². The number of hydrogen-bond donors (Lipinski definition) is 2. The van der Waals surface area contributed by atoms with Crippen molar-refractivity contribution in [2.75, 3.05) is 23.8 Å². The molecule has 5 nitrogen and oxygen atoms in total. The van der Waals surface area contributed by atoms with Crippen molar-refractivity contribution in [3.05, 3.63) is 54.4 Å². The number of benzene rings is 1. The molecule has 1 unspecified atom stereocenters. The smallest absolute Gasteiger partial charge is 0.252 e. The maximum Gasteiger partial charge on any atom is 0.252 e. The number of aromatic nitrogens is 2. The van der Waals surface area contributed by atoms with Crippen LogP contribution in [0.25, 0.3) is 10.9 Å². The molecule has 1 aliphatic rings. The number of rotatable bonds is 7. The first kappa shape index (κ1) is 18.3. The van der Waals surface area contributed by atoms with Crippen molar-refractivity contribution in [1.82, 2.24) is 15.3 Å². The molecule has 1 fully saturated rings. The summed E-state index contributed by atoms with van der Waals surface area (Å²) in [7, 11) is 0. The van der Waals surface area contributed by atoms with Crippen LogP contribution in [0.2, 0.25) is 0 Å². The van der Waals surface area contributed by atoms with E-state index >= 15 is 0 Å². The van der Waals surface area contributed by atoms with Gasteiger partial charge in [0.25, 0.3) is 5.91 Å². The van der Waals surface area contributed by atoms with Crippen molar-refractivity contribution in [3.63, 3.8) is 0 Å². The fourth-order valence-corrected chi connectivity index (χ4v) is 4.95. The number of nitrogens with one attached hydrogen (secondary N) is 2. The molecule has 1 atom stereocenters. The zero-order chi connectivity index (χ0) is 18.5. The largest absolute Gasteiger partial charge is 0.473 e. The minimum absolute atomic E-state index is 0.106. The number of carbonyl (C=O) groups is 1. The molecular weight excluding hydrogens is 378 g/mol. The number of amides is 1. The van der Waals surface area contributed by atoms with E-state index in [-0.39, 0.29) is 12.0 Å². The van der Waals surface area contributed by atoms with Gasteiger partial charge in [-0.25, -0.2) is 4.98 Å². The average molecular weight is 400 g/mol. The number of hydrogen-bond acceptors (Lipinski definition) is 5. The first-order valence-electron chi connectivity index (χ1n) is 8.97. The number of thioether (sulfide) groups is 2. The summed E-state index contributed by atoms with van der Waals surface area (Å²) in [6, 6.07) is 11.8. The van der Waals surface area contributed by atoms with Crippen LogP contribution < -0.4 is 10.1 Å². The molecule has 0 bridgehead atoms. The van der Waals surface area contributed by atoms with Gasteiger partial charge in [-0.15, -0.1) is 11.8 Å². The van der Waals surface area contributed by atoms with Gasteiger partial charge in [0.1, 0.15) is 6.10 Å². The van der Waals surface area contributed by atoms with Gasteiger partial charge in [-0.2, -0.15) is 11.8 Å². The van der Waals surface area contributed by atoms with Gasteiger partial charge in [0.05, 0.1) is 5.56 Å². The Morgan fingerprint density at radius 2 is 2.26 bits per heavy atom. The zero-order valence-corrected chi connectivity index (χ0v) is 16.4. The van der Waals surface area contributed by atoms with Gasteiger partial charge in [0.15, 0.2) is 0 Å². The molecule has 3 aromatic rings. The summed E-state index contributed by atoms with van der Waals surface area (Å²) in [5.74, 6) is 3.44. The lowest BCUT2D eigenvalue weighted by molar-refractivity contribution is 0.0955. The van der Waals surface area contributed by atoms with Gasteiger partial charge >= 0.3 is 0 Å². The molecule has 3 heterocycles. The van der Waals surface area contributed by atoms with Crippen LogP contribution in [-0.4, -0.2) is 45.8 Å². The van der Waals surface area contributed by atoms with E-state index in [2.05, 4.69) is 27.4 Å². The molecular formula is C20H21N3O2S2. The van der Waals surface area contributed by atoms with E-state index in [0.29, 0.717) is 18.0 Å². The van der Waals surface area contributed by atoms with Crippen LogP contribution in [0, 0.1) is 0 Å². The Labute approximate surface area is 166 Å². The lowest BCUT2D eigenvalue weighted by Gasteiger charge is -2.11. The molecule has 1 amide bonds. The molecule has 4 rings (SSSR count). The third kappa shape index (κ3) is 4.59. The average Bonchev–Trinajstić information content (AvgIpc) is 3.36. The van der Waals surface area contributed by atoms with Crippen molar-refractivity contribution < 1.29 is 9.53 Å². The number of pyridine rings is 1. The monoisotopic (exact) mass is 399 g/mol. The Balaban J connectivity index is 1.24. The summed E-state index contributed by atoms with van der Waals surface area (Å²) in [5.41, 5.74) is 1.69. The van der Waals surface area contributed by atoms with E-state index in [1.54, 1.807) is 30.1 Å². The highest BCUT2D eigenvalue weighted by atomic mass is 32.2. The van der Waals surface area contributed by atoms with Crippen molar-refractivity contribution in [3.8, 4) is 5.88 Å². The van der Waals surface area contributed by atoms with Crippen LogP contribution in [0.15, 0.2) is 53.7 Å². The first-order chi connectivity index (χ1) is 13.3. The standard InChI is InChI=1S/C20H21N3O2S2/c24-20(14-5-6-19(23-11-14)25-15-7-9-26-13-15)21-8-10-27-18-12-22-17-4-2-1-3-16(17)18/h1-6,11-12,15,22H,7-10,13H2,(H,21,24). The Kier molecular flexibility index (Phi) is 5.89. The summed E-state index contributed by atoms with van der Waals surface area (Å²) in [4.78, 5) is 21.0. The Hall–Kier alpha value is -2.12. The van der Waals surface area contributed by atoms with E-state index in [1.807, 2.05) is 30.1 Å². The second kappa shape index (κ2) is 8.71. The summed E-state index contributed by atoms with van der Waals surface area (Å²) in [6.45, 7) is 0.598. The fourth-order valence-electron chi connectivity index (χ4n) is 2.95. The van der Waals surface area contributed by atoms with Gasteiger partial charge < -0.3 is 15.0 Å². The molecule has 140 valence electrons. The van der Waals surface area contributed by atoms with Crippen molar-refractivity contribution in [1.29, 1.82) is 0 Å². The van der Waals surface area contributed by atoms with Crippen molar-refractivity contribution in [2.24, 2.45) is 0 Å². The number of para-hydroxylation sites is 1. The third-order valence-corrected chi connectivity index (χ3v) is 6.56. The normalized spacial score (nSPS) is 16.5. The minimum Gasteiger partial charge on any atom is -0.473 e. The molecule has 27 heavy (non-hydrogen) atoms. The molecule has 2 N–H and O–H groups in total. The molecule has 0 spiro atoms. The Morgan fingerprint density at radius 3 is 3.07 bits per heavy atom. The van der Waals surface area contributed by atoms with E-state index in [4.69, 9.17) is 4.74 Å². The molecule has 0 saturated carbocycles.